The second-order valence-corrected chi connectivity index (χ2v) is 2.19. The van der Waals surface area contributed by atoms with Gasteiger partial charge in [0.2, 0.25) is 0 Å². The van der Waals surface area contributed by atoms with Crippen LogP contribution < -0.4 is 0 Å². The molecule has 0 saturated heterocycles. The molecule has 5 heteroatoms. The highest BCUT2D eigenvalue weighted by Crippen LogP contribution is 1.96. The van der Waals surface area contributed by atoms with Gasteiger partial charge in [-0.15, -0.1) is 0 Å². The molecule has 0 aliphatic carbocycles. The first-order chi connectivity index (χ1) is 5.79. The molecular formula is C7H10N3O2. The normalized spacial score (nSPS) is 9.83. The molecule has 0 atom stereocenters. The predicted octanol–water partition coefficient (Wildman–Crippen LogP) is 0.352. The van der Waals surface area contributed by atoms with E-state index in [-0.39, 0.29) is 11.7 Å². The van der Waals surface area contributed by atoms with Crippen molar-refractivity contribution in [2.45, 2.75) is 13.8 Å². The SMILES string of the molecule is CCN(CC)C(=O)c1n[c]on1. The lowest BCUT2D eigenvalue weighted by atomic mass is 10.4. The van der Waals surface area contributed by atoms with E-state index in [1.807, 2.05) is 13.8 Å². The fraction of sp³-hybridized carbons (Fsp3) is 0.571. The van der Waals surface area contributed by atoms with Gasteiger partial charge in [0, 0.05) is 13.1 Å². The Morgan fingerprint density at radius 1 is 1.58 bits per heavy atom. The van der Waals surface area contributed by atoms with Gasteiger partial charge in [0.25, 0.3) is 11.7 Å². The van der Waals surface area contributed by atoms with Gasteiger partial charge in [-0.1, -0.05) is 5.16 Å². The van der Waals surface area contributed by atoms with E-state index in [0.29, 0.717) is 13.1 Å². The molecule has 0 aromatic carbocycles. The summed E-state index contributed by atoms with van der Waals surface area (Å²) in [4.78, 5) is 16.5. The lowest BCUT2D eigenvalue weighted by Crippen LogP contribution is -2.31. The van der Waals surface area contributed by atoms with Gasteiger partial charge in [0.1, 0.15) is 0 Å². The van der Waals surface area contributed by atoms with Crippen molar-refractivity contribution in [3.8, 4) is 0 Å². The average Bonchev–Trinajstić information content (AvgIpc) is 2.58. The average molecular weight is 168 g/mol. The van der Waals surface area contributed by atoms with E-state index in [2.05, 4.69) is 21.1 Å². The number of carbonyl (C=O) groups excluding carboxylic acids is 1. The van der Waals surface area contributed by atoms with Crippen molar-refractivity contribution in [3.63, 3.8) is 0 Å². The summed E-state index contributed by atoms with van der Waals surface area (Å²) in [6.45, 7) is 5.07. The van der Waals surface area contributed by atoms with E-state index in [1.165, 1.54) is 0 Å². The second-order valence-electron chi connectivity index (χ2n) is 2.19. The van der Waals surface area contributed by atoms with Crippen molar-refractivity contribution in [2.75, 3.05) is 13.1 Å². The summed E-state index contributed by atoms with van der Waals surface area (Å²) in [5.74, 6) is -0.149. The minimum atomic E-state index is -0.218. The summed E-state index contributed by atoms with van der Waals surface area (Å²) in [5, 5.41) is 3.40. The Balaban J connectivity index is 2.70. The standard InChI is InChI=1S/C7H10N3O2/c1-3-10(4-2)7(11)6-8-5-12-9-6/h3-4H2,1-2H3. The first-order valence-corrected chi connectivity index (χ1v) is 3.78. The Bertz CT molecular complexity index is 241. The second kappa shape index (κ2) is 3.85. The summed E-state index contributed by atoms with van der Waals surface area (Å²) in [6, 6.07) is 0. The molecule has 12 heavy (non-hydrogen) atoms. The van der Waals surface area contributed by atoms with Crippen LogP contribution in [0.2, 0.25) is 0 Å². The van der Waals surface area contributed by atoms with Crippen LogP contribution >= 0.6 is 0 Å². The Morgan fingerprint density at radius 3 is 2.67 bits per heavy atom. The van der Waals surface area contributed by atoms with Gasteiger partial charge in [-0.2, -0.15) is 4.98 Å². The summed E-state index contributed by atoms with van der Waals surface area (Å²) < 4.78 is 4.34. The highest BCUT2D eigenvalue weighted by atomic mass is 16.5. The van der Waals surface area contributed by atoms with Crippen LogP contribution in [0, 0.1) is 6.39 Å². The molecule has 0 spiro atoms. The van der Waals surface area contributed by atoms with Crippen molar-refractivity contribution < 1.29 is 9.32 Å². The molecule has 1 aromatic heterocycles. The molecule has 0 aliphatic rings. The van der Waals surface area contributed by atoms with Crippen LogP contribution in [-0.2, 0) is 0 Å². The quantitative estimate of drug-likeness (QED) is 0.653. The zero-order valence-electron chi connectivity index (χ0n) is 7.07. The smallest absolute Gasteiger partial charge is 0.316 e. The van der Waals surface area contributed by atoms with Gasteiger partial charge in [0.15, 0.2) is 0 Å². The van der Waals surface area contributed by atoms with Gasteiger partial charge in [-0.3, -0.25) is 4.79 Å². The first kappa shape index (κ1) is 8.70. The van der Waals surface area contributed by atoms with Gasteiger partial charge in [-0.05, 0) is 13.8 Å². The molecule has 1 aromatic rings. The summed E-state index contributed by atoms with van der Waals surface area (Å²) in [7, 11) is 0. The monoisotopic (exact) mass is 168 g/mol. The predicted molar refractivity (Wildman–Crippen MR) is 40.4 cm³/mol. The van der Waals surface area contributed by atoms with Crippen LogP contribution in [-0.4, -0.2) is 34.0 Å². The highest BCUT2D eigenvalue weighted by Gasteiger charge is 2.16. The van der Waals surface area contributed by atoms with Crippen LogP contribution in [0.5, 0.6) is 0 Å². The van der Waals surface area contributed by atoms with Crippen LogP contribution in [0.4, 0.5) is 0 Å². The Kier molecular flexibility index (Phi) is 2.79. The van der Waals surface area contributed by atoms with Gasteiger partial charge in [-0.25, -0.2) is 0 Å². The third-order valence-electron chi connectivity index (χ3n) is 1.57. The number of amides is 1. The van der Waals surface area contributed by atoms with Crippen LogP contribution in [0.15, 0.2) is 4.52 Å². The van der Waals surface area contributed by atoms with Gasteiger partial charge in [0.05, 0.1) is 0 Å². The molecule has 1 amide bonds. The van der Waals surface area contributed by atoms with Crippen LogP contribution in [0.3, 0.4) is 0 Å². The molecule has 5 nitrogen and oxygen atoms in total. The third-order valence-corrected chi connectivity index (χ3v) is 1.57. The fourth-order valence-electron chi connectivity index (χ4n) is 0.887. The molecule has 0 bridgehead atoms. The minimum absolute atomic E-state index is 0.0682. The van der Waals surface area contributed by atoms with Crippen molar-refractivity contribution in [1.82, 2.24) is 15.0 Å². The van der Waals surface area contributed by atoms with Crippen molar-refractivity contribution >= 4 is 5.91 Å². The number of nitrogens with zero attached hydrogens (tertiary/aromatic N) is 3. The molecule has 65 valence electrons. The molecule has 0 aliphatic heterocycles. The number of carbonyl (C=O) groups is 1. The molecule has 0 unspecified atom stereocenters. The summed E-state index contributed by atoms with van der Waals surface area (Å²) in [5.41, 5.74) is 0. The van der Waals surface area contributed by atoms with Crippen molar-refractivity contribution in [1.29, 1.82) is 0 Å². The van der Waals surface area contributed by atoms with Gasteiger partial charge < -0.3 is 9.42 Å². The fourth-order valence-corrected chi connectivity index (χ4v) is 0.887. The number of aromatic nitrogens is 2. The third kappa shape index (κ3) is 1.61. The van der Waals surface area contributed by atoms with E-state index < -0.39 is 0 Å². The maximum absolute atomic E-state index is 11.4. The summed E-state index contributed by atoms with van der Waals surface area (Å²) >= 11 is 0. The lowest BCUT2D eigenvalue weighted by molar-refractivity contribution is 0.0757. The van der Waals surface area contributed by atoms with Crippen LogP contribution in [0.25, 0.3) is 0 Å². The number of hydrogen-bond acceptors (Lipinski definition) is 4. The number of hydrogen-bond donors (Lipinski definition) is 0. The van der Waals surface area contributed by atoms with E-state index in [4.69, 9.17) is 0 Å². The molecule has 1 rings (SSSR count). The zero-order valence-corrected chi connectivity index (χ0v) is 7.07. The molecule has 1 heterocycles. The first-order valence-electron chi connectivity index (χ1n) is 3.78. The topological polar surface area (TPSA) is 59.2 Å². The molecule has 0 saturated carbocycles. The maximum Gasteiger partial charge on any atom is 0.316 e. The van der Waals surface area contributed by atoms with Crippen LogP contribution in [0.1, 0.15) is 24.5 Å². The van der Waals surface area contributed by atoms with E-state index >= 15 is 0 Å². The van der Waals surface area contributed by atoms with Crippen molar-refractivity contribution in [2.24, 2.45) is 0 Å². The maximum atomic E-state index is 11.4. The molecule has 0 N–H and O–H groups in total. The van der Waals surface area contributed by atoms with Gasteiger partial charge >= 0.3 is 6.39 Å². The lowest BCUT2D eigenvalue weighted by Gasteiger charge is -2.15. The van der Waals surface area contributed by atoms with E-state index in [0.717, 1.165) is 0 Å². The Hall–Kier alpha value is -1.39. The minimum Gasteiger partial charge on any atom is -0.336 e. The molecule has 0 fully saturated rings. The molecular weight excluding hydrogens is 158 g/mol. The largest absolute Gasteiger partial charge is 0.336 e. The zero-order chi connectivity index (χ0) is 8.97. The van der Waals surface area contributed by atoms with E-state index in [1.54, 1.807) is 4.90 Å². The Morgan fingerprint density at radius 2 is 2.25 bits per heavy atom. The number of rotatable bonds is 3. The Labute approximate surface area is 70.4 Å². The van der Waals surface area contributed by atoms with Crippen molar-refractivity contribution in [3.05, 3.63) is 12.2 Å². The van der Waals surface area contributed by atoms with E-state index in [9.17, 15) is 4.79 Å². The highest BCUT2D eigenvalue weighted by molar-refractivity contribution is 5.90. The molecule has 1 radical (unpaired) electrons. The summed E-state index contributed by atoms with van der Waals surface area (Å²) in [6.07, 6.45) is 2.13.